The van der Waals surface area contributed by atoms with Crippen LogP contribution < -0.4 is 5.73 Å². The normalized spacial score (nSPS) is 11.8. The Morgan fingerprint density at radius 1 is 1.29 bits per heavy atom. The van der Waals surface area contributed by atoms with Crippen LogP contribution in [0.3, 0.4) is 0 Å². The number of hydrogen-bond acceptors (Lipinski definition) is 4. The molecule has 1 heterocycles. The Morgan fingerprint density at radius 2 is 2.05 bits per heavy atom. The van der Waals surface area contributed by atoms with Crippen LogP contribution in [-0.4, -0.2) is 24.8 Å². The summed E-state index contributed by atoms with van der Waals surface area (Å²) in [5.41, 5.74) is 6.62. The molecule has 0 amide bonds. The predicted octanol–water partition coefficient (Wildman–Crippen LogP) is 1.50. The zero-order valence-corrected chi connectivity index (χ0v) is 12.3. The molecule has 21 heavy (non-hydrogen) atoms. The molecule has 7 heteroatoms. The predicted molar refractivity (Wildman–Crippen MR) is 77.2 cm³/mol. The second-order valence-corrected chi connectivity index (χ2v) is 6.63. The van der Waals surface area contributed by atoms with Gasteiger partial charge in [0.15, 0.2) is 0 Å². The van der Waals surface area contributed by atoms with E-state index in [-0.39, 0.29) is 18.0 Å². The molecule has 0 saturated heterocycles. The van der Waals surface area contributed by atoms with Gasteiger partial charge in [-0.2, -0.15) is 4.31 Å². The van der Waals surface area contributed by atoms with Crippen LogP contribution in [0.4, 0.5) is 4.39 Å². The van der Waals surface area contributed by atoms with Crippen molar-refractivity contribution in [1.82, 2.24) is 9.29 Å². The first-order chi connectivity index (χ1) is 9.93. The van der Waals surface area contributed by atoms with Gasteiger partial charge in [0.05, 0.1) is 5.69 Å². The third-order valence-electron chi connectivity index (χ3n) is 3.01. The molecule has 0 aliphatic heterocycles. The van der Waals surface area contributed by atoms with Gasteiger partial charge in [-0.25, -0.2) is 12.8 Å². The van der Waals surface area contributed by atoms with Gasteiger partial charge in [-0.15, -0.1) is 0 Å². The van der Waals surface area contributed by atoms with Gasteiger partial charge in [0.1, 0.15) is 10.7 Å². The lowest BCUT2D eigenvalue weighted by Gasteiger charge is -2.17. The van der Waals surface area contributed by atoms with Gasteiger partial charge < -0.3 is 5.73 Å². The monoisotopic (exact) mass is 309 g/mol. The SMILES string of the molecule is CN(Cc1cccc(F)c1)S(=O)(=O)c1ccc(CN)nc1. The number of benzene rings is 1. The number of nitrogens with two attached hydrogens (primary N) is 1. The lowest BCUT2D eigenvalue weighted by atomic mass is 10.2. The molecule has 2 rings (SSSR count). The summed E-state index contributed by atoms with van der Waals surface area (Å²) >= 11 is 0. The van der Waals surface area contributed by atoms with Gasteiger partial charge >= 0.3 is 0 Å². The quantitative estimate of drug-likeness (QED) is 0.908. The number of sulfonamides is 1. The Kier molecular flexibility index (Phi) is 4.66. The van der Waals surface area contributed by atoms with Crippen LogP contribution in [0.2, 0.25) is 0 Å². The summed E-state index contributed by atoms with van der Waals surface area (Å²) in [5, 5.41) is 0. The molecular formula is C14H16FN3O2S. The fourth-order valence-electron chi connectivity index (χ4n) is 1.84. The maximum atomic E-state index is 13.1. The van der Waals surface area contributed by atoms with E-state index in [4.69, 9.17) is 5.73 Å². The van der Waals surface area contributed by atoms with E-state index in [1.807, 2.05) is 0 Å². The van der Waals surface area contributed by atoms with E-state index in [0.29, 0.717) is 11.3 Å². The highest BCUT2D eigenvalue weighted by Gasteiger charge is 2.21. The third kappa shape index (κ3) is 3.63. The van der Waals surface area contributed by atoms with Crippen molar-refractivity contribution in [2.75, 3.05) is 7.05 Å². The first-order valence-corrected chi connectivity index (χ1v) is 7.73. The first kappa shape index (κ1) is 15.6. The minimum Gasteiger partial charge on any atom is -0.325 e. The molecule has 0 bridgehead atoms. The van der Waals surface area contributed by atoms with Crippen LogP contribution in [-0.2, 0) is 23.1 Å². The summed E-state index contributed by atoms with van der Waals surface area (Å²) in [4.78, 5) is 4.06. The molecule has 0 spiro atoms. The Morgan fingerprint density at radius 3 is 2.62 bits per heavy atom. The smallest absolute Gasteiger partial charge is 0.244 e. The summed E-state index contributed by atoms with van der Waals surface area (Å²) in [6, 6.07) is 8.87. The second kappa shape index (κ2) is 6.30. The van der Waals surface area contributed by atoms with E-state index in [2.05, 4.69) is 4.98 Å². The van der Waals surface area contributed by atoms with Gasteiger partial charge in [-0.3, -0.25) is 4.98 Å². The molecule has 5 nitrogen and oxygen atoms in total. The van der Waals surface area contributed by atoms with Crippen molar-refractivity contribution in [3.63, 3.8) is 0 Å². The number of pyridine rings is 1. The van der Waals surface area contributed by atoms with Gasteiger partial charge in [-0.05, 0) is 29.8 Å². The van der Waals surface area contributed by atoms with Crippen LogP contribution in [0.1, 0.15) is 11.3 Å². The number of halogens is 1. The standard InChI is InChI=1S/C14H16FN3O2S/c1-18(10-11-3-2-4-12(15)7-11)21(19,20)14-6-5-13(8-16)17-9-14/h2-7,9H,8,10,16H2,1H3. The maximum absolute atomic E-state index is 13.1. The van der Waals surface area contributed by atoms with Gasteiger partial charge in [0.2, 0.25) is 10.0 Å². The topological polar surface area (TPSA) is 76.3 Å². The number of aromatic nitrogens is 1. The fraction of sp³-hybridized carbons (Fsp3) is 0.214. The highest BCUT2D eigenvalue weighted by Crippen LogP contribution is 2.16. The zero-order chi connectivity index (χ0) is 15.5. The average molecular weight is 309 g/mol. The minimum absolute atomic E-state index is 0.0820. The van der Waals surface area contributed by atoms with Crippen LogP contribution in [0, 0.1) is 5.82 Å². The van der Waals surface area contributed by atoms with Crippen molar-refractivity contribution < 1.29 is 12.8 Å². The molecule has 1 aromatic carbocycles. The Balaban J connectivity index is 2.21. The van der Waals surface area contributed by atoms with Crippen LogP contribution in [0.25, 0.3) is 0 Å². The van der Waals surface area contributed by atoms with Crippen molar-refractivity contribution in [1.29, 1.82) is 0 Å². The lowest BCUT2D eigenvalue weighted by molar-refractivity contribution is 0.465. The summed E-state index contributed by atoms with van der Waals surface area (Å²) < 4.78 is 39.0. The number of hydrogen-bond donors (Lipinski definition) is 1. The molecule has 2 N–H and O–H groups in total. The molecule has 0 saturated carbocycles. The van der Waals surface area contributed by atoms with Crippen LogP contribution in [0.15, 0.2) is 47.5 Å². The fourth-order valence-corrected chi connectivity index (χ4v) is 2.95. The molecule has 0 atom stereocenters. The molecule has 0 fully saturated rings. The Hall–Kier alpha value is -1.83. The molecule has 0 aliphatic rings. The molecule has 0 aliphatic carbocycles. The Bertz CT molecular complexity index is 717. The highest BCUT2D eigenvalue weighted by atomic mass is 32.2. The van der Waals surface area contributed by atoms with E-state index in [1.54, 1.807) is 18.2 Å². The van der Waals surface area contributed by atoms with E-state index < -0.39 is 15.8 Å². The molecule has 0 unspecified atom stereocenters. The van der Waals surface area contributed by atoms with E-state index >= 15 is 0 Å². The number of nitrogens with zero attached hydrogens (tertiary/aromatic N) is 2. The Labute approximate surface area is 123 Å². The molecule has 1 aromatic heterocycles. The van der Waals surface area contributed by atoms with Crippen molar-refractivity contribution in [2.45, 2.75) is 18.0 Å². The second-order valence-electron chi connectivity index (χ2n) is 4.58. The first-order valence-electron chi connectivity index (χ1n) is 6.29. The maximum Gasteiger partial charge on any atom is 0.244 e. The lowest BCUT2D eigenvalue weighted by Crippen LogP contribution is -2.26. The van der Waals surface area contributed by atoms with Crippen LogP contribution in [0.5, 0.6) is 0 Å². The van der Waals surface area contributed by atoms with E-state index in [0.717, 1.165) is 4.31 Å². The van der Waals surface area contributed by atoms with E-state index in [9.17, 15) is 12.8 Å². The third-order valence-corrected chi connectivity index (χ3v) is 4.80. The van der Waals surface area contributed by atoms with Crippen LogP contribution >= 0.6 is 0 Å². The molecule has 2 aromatic rings. The molecule has 0 radical (unpaired) electrons. The molecule has 112 valence electrons. The summed E-state index contributed by atoms with van der Waals surface area (Å²) in [6.45, 7) is 0.332. The van der Waals surface area contributed by atoms with E-state index in [1.165, 1.54) is 31.4 Å². The van der Waals surface area contributed by atoms with Gasteiger partial charge in [-0.1, -0.05) is 12.1 Å². The summed E-state index contributed by atoms with van der Waals surface area (Å²) in [7, 11) is -2.23. The highest BCUT2D eigenvalue weighted by molar-refractivity contribution is 7.89. The average Bonchev–Trinajstić information content (AvgIpc) is 2.47. The van der Waals surface area contributed by atoms with Crippen molar-refractivity contribution in [2.24, 2.45) is 5.73 Å². The minimum atomic E-state index is -3.67. The van der Waals surface area contributed by atoms with Gasteiger partial charge in [0, 0.05) is 26.3 Å². The van der Waals surface area contributed by atoms with Crippen molar-refractivity contribution in [3.05, 3.63) is 59.7 Å². The summed E-state index contributed by atoms with van der Waals surface area (Å²) in [5.74, 6) is -0.396. The van der Waals surface area contributed by atoms with Crippen molar-refractivity contribution in [3.8, 4) is 0 Å². The number of rotatable bonds is 5. The van der Waals surface area contributed by atoms with Gasteiger partial charge in [0.25, 0.3) is 0 Å². The largest absolute Gasteiger partial charge is 0.325 e. The molecular weight excluding hydrogens is 293 g/mol. The van der Waals surface area contributed by atoms with Crippen molar-refractivity contribution >= 4 is 10.0 Å². The zero-order valence-electron chi connectivity index (χ0n) is 11.5. The summed E-state index contributed by atoms with van der Waals surface area (Å²) in [6.07, 6.45) is 1.28.